The molecule has 0 fully saturated rings. The first kappa shape index (κ1) is 22.5. The fraction of sp³-hybridized carbons (Fsp3) is 0.478. The molecule has 0 saturated heterocycles. The Labute approximate surface area is 173 Å². The van der Waals surface area contributed by atoms with Gasteiger partial charge in [-0.3, -0.25) is 4.79 Å². The van der Waals surface area contributed by atoms with Crippen LogP contribution in [0.25, 0.3) is 0 Å². The maximum absolute atomic E-state index is 11.8. The molecule has 1 aromatic heterocycles. The van der Waals surface area contributed by atoms with Gasteiger partial charge in [-0.2, -0.15) is 0 Å². The molecule has 0 unspecified atom stereocenters. The van der Waals surface area contributed by atoms with Crippen LogP contribution in [0.15, 0.2) is 42.6 Å². The average Bonchev–Trinajstić information content (AvgIpc) is 2.68. The second kappa shape index (κ2) is 11.3. The van der Waals surface area contributed by atoms with Gasteiger partial charge < -0.3 is 19.5 Å². The number of ether oxygens (including phenoxy) is 3. The smallest absolute Gasteiger partial charge is 0.306 e. The Kier molecular flexibility index (Phi) is 8.77. The molecule has 0 aliphatic rings. The number of esters is 1. The van der Waals surface area contributed by atoms with Crippen LogP contribution in [0.3, 0.4) is 0 Å². The zero-order chi connectivity index (χ0) is 21.1. The van der Waals surface area contributed by atoms with Crippen LogP contribution in [-0.2, 0) is 16.0 Å². The lowest BCUT2D eigenvalue weighted by Crippen LogP contribution is -2.21. The van der Waals surface area contributed by atoms with Crippen LogP contribution < -0.4 is 14.8 Å². The molecule has 0 radical (unpaired) electrons. The number of pyridine rings is 1. The van der Waals surface area contributed by atoms with E-state index >= 15 is 0 Å². The minimum Gasteiger partial charge on any atom is -0.493 e. The van der Waals surface area contributed by atoms with Gasteiger partial charge in [-0.1, -0.05) is 26.0 Å². The number of hydrogen-bond acceptors (Lipinski definition) is 6. The van der Waals surface area contributed by atoms with E-state index < -0.39 is 0 Å². The first-order valence-electron chi connectivity index (χ1n) is 10.0. The topological polar surface area (TPSA) is 69.7 Å². The van der Waals surface area contributed by atoms with Gasteiger partial charge in [-0.15, -0.1) is 0 Å². The van der Waals surface area contributed by atoms with Crippen LogP contribution in [0, 0.1) is 5.41 Å². The first-order chi connectivity index (χ1) is 13.9. The Hall–Kier alpha value is -2.76. The van der Waals surface area contributed by atoms with Crippen LogP contribution >= 0.6 is 0 Å². The molecule has 0 amide bonds. The minimum absolute atomic E-state index is 0.163. The number of carbonyl (C=O) groups excluding carboxylic acids is 1. The van der Waals surface area contributed by atoms with Gasteiger partial charge in [0.1, 0.15) is 5.82 Å². The summed E-state index contributed by atoms with van der Waals surface area (Å²) in [6, 6.07) is 11.7. The standard InChI is InChI=1S/C23H32N2O4/c1-5-28-22(26)17-23(2,3)16-18-10-11-19(20(15-18)27-4)29-14-8-13-25-21-9-6-7-12-24-21/h6-7,9-12,15H,5,8,13-14,16-17H2,1-4H3,(H,24,25). The molecule has 0 aliphatic carbocycles. The molecule has 29 heavy (non-hydrogen) atoms. The third-order valence-corrected chi connectivity index (χ3v) is 4.39. The van der Waals surface area contributed by atoms with Crippen molar-refractivity contribution in [3.05, 3.63) is 48.2 Å². The molecule has 6 nitrogen and oxygen atoms in total. The largest absolute Gasteiger partial charge is 0.493 e. The highest BCUT2D eigenvalue weighted by atomic mass is 16.5. The zero-order valence-corrected chi connectivity index (χ0v) is 17.9. The van der Waals surface area contributed by atoms with E-state index in [2.05, 4.69) is 24.1 Å². The molecule has 1 aromatic carbocycles. The van der Waals surface area contributed by atoms with Gasteiger partial charge in [-0.05, 0) is 55.0 Å². The van der Waals surface area contributed by atoms with Crippen LogP contribution in [0.1, 0.15) is 39.2 Å². The maximum Gasteiger partial charge on any atom is 0.306 e. The number of aromatic nitrogens is 1. The Balaban J connectivity index is 1.85. The van der Waals surface area contributed by atoms with Crippen molar-refractivity contribution in [3.8, 4) is 11.5 Å². The Morgan fingerprint density at radius 1 is 1.17 bits per heavy atom. The van der Waals surface area contributed by atoms with Crippen molar-refractivity contribution in [2.24, 2.45) is 5.41 Å². The summed E-state index contributed by atoms with van der Waals surface area (Å²) in [5, 5.41) is 3.26. The van der Waals surface area contributed by atoms with E-state index in [0.29, 0.717) is 25.4 Å². The molecule has 2 rings (SSSR count). The van der Waals surface area contributed by atoms with Gasteiger partial charge in [0.2, 0.25) is 0 Å². The predicted octanol–water partition coefficient (Wildman–Crippen LogP) is 4.49. The van der Waals surface area contributed by atoms with Gasteiger partial charge in [0.15, 0.2) is 11.5 Å². The van der Waals surface area contributed by atoms with Crippen molar-refractivity contribution in [1.82, 2.24) is 4.98 Å². The molecule has 6 heteroatoms. The fourth-order valence-corrected chi connectivity index (χ4v) is 3.10. The second-order valence-corrected chi connectivity index (χ2v) is 7.65. The van der Waals surface area contributed by atoms with E-state index in [4.69, 9.17) is 14.2 Å². The van der Waals surface area contributed by atoms with Gasteiger partial charge in [0.25, 0.3) is 0 Å². The summed E-state index contributed by atoms with van der Waals surface area (Å²) in [6.45, 7) is 7.71. The van der Waals surface area contributed by atoms with E-state index in [1.807, 2.05) is 43.3 Å². The Morgan fingerprint density at radius 3 is 2.69 bits per heavy atom. The molecule has 0 spiro atoms. The van der Waals surface area contributed by atoms with Crippen molar-refractivity contribution in [2.45, 2.75) is 40.0 Å². The number of carbonyl (C=O) groups is 1. The number of nitrogens with one attached hydrogen (secondary N) is 1. The third kappa shape index (κ3) is 8.02. The molecule has 158 valence electrons. The number of rotatable bonds is 12. The lowest BCUT2D eigenvalue weighted by Gasteiger charge is -2.24. The lowest BCUT2D eigenvalue weighted by molar-refractivity contribution is -0.145. The number of nitrogens with zero attached hydrogens (tertiary/aromatic N) is 1. The van der Waals surface area contributed by atoms with E-state index in [0.717, 1.165) is 36.5 Å². The molecule has 0 atom stereocenters. The Bertz CT molecular complexity index is 763. The highest BCUT2D eigenvalue weighted by Gasteiger charge is 2.24. The molecule has 0 bridgehead atoms. The SMILES string of the molecule is CCOC(=O)CC(C)(C)Cc1ccc(OCCCNc2ccccn2)c(OC)c1. The predicted molar refractivity (Wildman–Crippen MR) is 115 cm³/mol. The van der Waals surface area contributed by atoms with Crippen LogP contribution in [0.2, 0.25) is 0 Å². The zero-order valence-electron chi connectivity index (χ0n) is 17.9. The average molecular weight is 401 g/mol. The molecule has 0 saturated carbocycles. The second-order valence-electron chi connectivity index (χ2n) is 7.65. The molecule has 0 aliphatic heterocycles. The fourth-order valence-electron chi connectivity index (χ4n) is 3.10. The maximum atomic E-state index is 11.8. The summed E-state index contributed by atoms with van der Waals surface area (Å²) in [6.07, 6.45) is 3.73. The number of methoxy groups -OCH3 is 1. The molecular weight excluding hydrogens is 368 g/mol. The third-order valence-electron chi connectivity index (χ3n) is 4.39. The summed E-state index contributed by atoms with van der Waals surface area (Å²) in [5.41, 5.74) is 0.900. The molecule has 1 heterocycles. The molecular formula is C23H32N2O4. The number of benzene rings is 1. The van der Waals surface area contributed by atoms with Crippen molar-refractivity contribution in [3.63, 3.8) is 0 Å². The highest BCUT2D eigenvalue weighted by Crippen LogP contribution is 2.32. The monoisotopic (exact) mass is 400 g/mol. The quantitative estimate of drug-likeness (QED) is 0.418. The first-order valence-corrected chi connectivity index (χ1v) is 10.0. The summed E-state index contributed by atoms with van der Waals surface area (Å²) >= 11 is 0. The summed E-state index contributed by atoms with van der Waals surface area (Å²) in [4.78, 5) is 16.0. The molecule has 1 N–H and O–H groups in total. The number of anilines is 1. The number of hydrogen-bond donors (Lipinski definition) is 1. The van der Waals surface area contributed by atoms with Crippen LogP contribution in [0.5, 0.6) is 11.5 Å². The van der Waals surface area contributed by atoms with Gasteiger partial charge in [0.05, 0.1) is 26.7 Å². The highest BCUT2D eigenvalue weighted by molar-refractivity contribution is 5.70. The molecule has 2 aromatic rings. The van der Waals surface area contributed by atoms with Gasteiger partial charge in [-0.25, -0.2) is 4.98 Å². The van der Waals surface area contributed by atoms with E-state index in [9.17, 15) is 4.79 Å². The van der Waals surface area contributed by atoms with Crippen LogP contribution in [0.4, 0.5) is 5.82 Å². The summed E-state index contributed by atoms with van der Waals surface area (Å²) < 4.78 is 16.5. The van der Waals surface area contributed by atoms with Crippen molar-refractivity contribution in [2.75, 3.05) is 32.2 Å². The minimum atomic E-state index is -0.198. The lowest BCUT2D eigenvalue weighted by atomic mass is 9.82. The van der Waals surface area contributed by atoms with Crippen molar-refractivity contribution >= 4 is 11.8 Å². The van der Waals surface area contributed by atoms with Gasteiger partial charge in [0, 0.05) is 12.7 Å². The van der Waals surface area contributed by atoms with Gasteiger partial charge >= 0.3 is 5.97 Å². The van der Waals surface area contributed by atoms with Crippen molar-refractivity contribution < 1.29 is 19.0 Å². The summed E-state index contributed by atoms with van der Waals surface area (Å²) in [5.74, 6) is 2.12. The normalized spacial score (nSPS) is 11.0. The van der Waals surface area contributed by atoms with E-state index in [1.165, 1.54) is 0 Å². The van der Waals surface area contributed by atoms with E-state index in [1.54, 1.807) is 13.3 Å². The van der Waals surface area contributed by atoms with E-state index in [-0.39, 0.29) is 11.4 Å². The summed E-state index contributed by atoms with van der Waals surface area (Å²) in [7, 11) is 1.64. The van der Waals surface area contributed by atoms with Crippen molar-refractivity contribution in [1.29, 1.82) is 0 Å². The van der Waals surface area contributed by atoms with Crippen LogP contribution in [-0.4, -0.2) is 37.8 Å². The Morgan fingerprint density at radius 2 is 2.00 bits per heavy atom.